The number of hydrogen-bond donors (Lipinski definition) is 1. The summed E-state index contributed by atoms with van der Waals surface area (Å²) < 4.78 is 6.68. The maximum absolute atomic E-state index is 12.5. The highest BCUT2D eigenvalue weighted by Gasteiger charge is 2.64. The highest BCUT2D eigenvalue weighted by molar-refractivity contribution is 9.10. The molecule has 1 N–H and O–H groups in total. The van der Waals surface area contributed by atoms with Gasteiger partial charge in [0.2, 0.25) is 5.91 Å². The average Bonchev–Trinajstić information content (AvgIpc) is 3.34. The molecule has 2 aromatic carbocycles. The first-order valence-electron chi connectivity index (χ1n) is 9.98. The van der Waals surface area contributed by atoms with Gasteiger partial charge in [0, 0.05) is 16.5 Å². The first-order valence-corrected chi connectivity index (χ1v) is 11.1. The quantitative estimate of drug-likeness (QED) is 0.414. The van der Waals surface area contributed by atoms with E-state index in [2.05, 4.69) is 33.4 Å². The van der Waals surface area contributed by atoms with Gasteiger partial charge in [-0.2, -0.15) is 5.10 Å². The fourth-order valence-electron chi connectivity index (χ4n) is 4.58. The molecule has 0 spiro atoms. The smallest absolute Gasteiger partial charge is 0.244 e. The van der Waals surface area contributed by atoms with Crippen LogP contribution in [0.5, 0.6) is 5.75 Å². The van der Waals surface area contributed by atoms with Crippen molar-refractivity contribution in [3.63, 3.8) is 0 Å². The number of nitrogens with one attached hydrogen (secondary N) is 1. The zero-order valence-electron chi connectivity index (χ0n) is 16.3. The summed E-state index contributed by atoms with van der Waals surface area (Å²) in [5, 5.41) is 4.85. The van der Waals surface area contributed by atoms with Crippen molar-refractivity contribution in [1.29, 1.82) is 0 Å². The standard InChI is InChI=1S/C23H24BrClN2O2/c1-23-11-5-4-7-17(23)21(23)22(28)27-26-13-15-9-10-20(18(24)12-15)29-14-16-6-2-3-8-19(16)25/h2-3,6,8-10,12-13,17,21H,4-5,7,11,14H2,1H3,(H,27,28)/b26-13-/t17-,21+,23-/m0/s1. The predicted molar refractivity (Wildman–Crippen MR) is 119 cm³/mol. The monoisotopic (exact) mass is 474 g/mol. The Labute approximate surface area is 184 Å². The van der Waals surface area contributed by atoms with Crippen LogP contribution in [-0.4, -0.2) is 12.1 Å². The first kappa shape index (κ1) is 20.4. The number of rotatable bonds is 6. The summed E-state index contributed by atoms with van der Waals surface area (Å²) in [7, 11) is 0. The highest BCUT2D eigenvalue weighted by Crippen LogP contribution is 2.66. The number of ether oxygens (including phenoxy) is 1. The van der Waals surface area contributed by atoms with Crippen LogP contribution in [0, 0.1) is 17.3 Å². The number of fused-ring (bicyclic) bond motifs is 1. The van der Waals surface area contributed by atoms with Crippen LogP contribution < -0.4 is 10.2 Å². The number of carbonyl (C=O) groups is 1. The summed E-state index contributed by atoms with van der Waals surface area (Å²) in [6, 6.07) is 13.3. The molecule has 4 nitrogen and oxygen atoms in total. The lowest BCUT2D eigenvalue weighted by atomic mass is 9.90. The van der Waals surface area contributed by atoms with Crippen molar-refractivity contribution in [2.75, 3.05) is 0 Å². The fraction of sp³-hybridized carbons (Fsp3) is 0.391. The number of amides is 1. The molecule has 0 radical (unpaired) electrons. The number of carbonyl (C=O) groups excluding carboxylic acids is 1. The molecule has 152 valence electrons. The zero-order chi connectivity index (χ0) is 20.4. The molecule has 0 aliphatic heterocycles. The molecule has 2 aromatic rings. The molecule has 6 heteroatoms. The van der Waals surface area contributed by atoms with Crippen LogP contribution >= 0.6 is 27.5 Å². The Morgan fingerprint density at radius 2 is 2.17 bits per heavy atom. The molecular formula is C23H24BrClN2O2. The van der Waals surface area contributed by atoms with Crippen molar-refractivity contribution in [2.24, 2.45) is 22.4 Å². The third-order valence-corrected chi connectivity index (χ3v) is 7.29. The Morgan fingerprint density at radius 1 is 1.34 bits per heavy atom. The molecule has 4 rings (SSSR count). The second-order valence-electron chi connectivity index (χ2n) is 8.14. The van der Waals surface area contributed by atoms with Crippen LogP contribution in [0.4, 0.5) is 0 Å². The largest absolute Gasteiger partial charge is 0.488 e. The van der Waals surface area contributed by atoms with Crippen LogP contribution in [0.1, 0.15) is 43.7 Å². The predicted octanol–water partition coefficient (Wildman–Crippen LogP) is 5.96. The Bertz CT molecular complexity index is 948. The minimum absolute atomic E-state index is 0.0504. The summed E-state index contributed by atoms with van der Waals surface area (Å²) >= 11 is 9.70. The SMILES string of the molecule is C[C@]12CCCC[C@H]1[C@@H]2C(=O)N/N=C\c1ccc(OCc2ccccc2Cl)c(Br)c1. The summed E-state index contributed by atoms with van der Waals surface area (Å²) in [5.74, 6) is 1.43. The van der Waals surface area contributed by atoms with E-state index in [0.717, 1.165) is 27.8 Å². The van der Waals surface area contributed by atoms with Gasteiger partial charge in [0.25, 0.3) is 0 Å². The third-order valence-electron chi connectivity index (χ3n) is 6.30. The van der Waals surface area contributed by atoms with E-state index in [1.165, 1.54) is 19.3 Å². The molecule has 0 unspecified atom stereocenters. The molecule has 1 amide bonds. The van der Waals surface area contributed by atoms with Gasteiger partial charge in [0.15, 0.2) is 0 Å². The maximum Gasteiger partial charge on any atom is 0.244 e. The highest BCUT2D eigenvalue weighted by atomic mass is 79.9. The van der Waals surface area contributed by atoms with Gasteiger partial charge in [0.1, 0.15) is 12.4 Å². The van der Waals surface area contributed by atoms with E-state index in [-0.39, 0.29) is 17.2 Å². The minimum atomic E-state index is 0.0504. The van der Waals surface area contributed by atoms with Crippen LogP contribution in [0.15, 0.2) is 52.0 Å². The first-order chi connectivity index (χ1) is 14.0. The van der Waals surface area contributed by atoms with E-state index in [4.69, 9.17) is 16.3 Å². The molecule has 0 bridgehead atoms. The Kier molecular flexibility index (Phi) is 5.98. The van der Waals surface area contributed by atoms with Crippen molar-refractivity contribution in [1.82, 2.24) is 5.43 Å². The van der Waals surface area contributed by atoms with Gasteiger partial charge in [-0.05, 0) is 69.9 Å². The third kappa shape index (κ3) is 4.36. The Balaban J connectivity index is 1.32. The second kappa shape index (κ2) is 8.49. The number of halogens is 2. The Hall–Kier alpha value is -1.85. The van der Waals surface area contributed by atoms with E-state index in [0.29, 0.717) is 17.5 Å². The van der Waals surface area contributed by atoms with E-state index in [1.54, 1.807) is 6.21 Å². The fourth-order valence-corrected chi connectivity index (χ4v) is 5.28. The van der Waals surface area contributed by atoms with Crippen molar-refractivity contribution in [2.45, 2.75) is 39.2 Å². The Morgan fingerprint density at radius 3 is 2.90 bits per heavy atom. The molecular weight excluding hydrogens is 452 g/mol. The van der Waals surface area contributed by atoms with Crippen LogP contribution in [0.2, 0.25) is 5.02 Å². The van der Waals surface area contributed by atoms with Crippen LogP contribution in [0.25, 0.3) is 0 Å². The average molecular weight is 476 g/mol. The molecule has 0 aromatic heterocycles. The lowest BCUT2D eigenvalue weighted by Crippen LogP contribution is -2.22. The molecule has 2 aliphatic rings. The zero-order valence-corrected chi connectivity index (χ0v) is 18.7. The van der Waals surface area contributed by atoms with E-state index in [9.17, 15) is 4.79 Å². The van der Waals surface area contributed by atoms with Gasteiger partial charge >= 0.3 is 0 Å². The van der Waals surface area contributed by atoms with Gasteiger partial charge in [-0.3, -0.25) is 4.79 Å². The minimum Gasteiger partial charge on any atom is -0.488 e. The maximum atomic E-state index is 12.5. The van der Waals surface area contributed by atoms with E-state index >= 15 is 0 Å². The molecule has 3 atom stereocenters. The van der Waals surface area contributed by atoms with Gasteiger partial charge in [0.05, 0.1) is 10.7 Å². The summed E-state index contributed by atoms with van der Waals surface area (Å²) in [4.78, 5) is 12.5. The number of hydrogen-bond acceptors (Lipinski definition) is 3. The van der Waals surface area contributed by atoms with Crippen LogP contribution in [-0.2, 0) is 11.4 Å². The van der Waals surface area contributed by atoms with Crippen LogP contribution in [0.3, 0.4) is 0 Å². The number of nitrogens with zero attached hydrogens (tertiary/aromatic N) is 1. The van der Waals surface area contributed by atoms with Gasteiger partial charge in [-0.15, -0.1) is 0 Å². The molecule has 2 fully saturated rings. The summed E-state index contributed by atoms with van der Waals surface area (Å²) in [6.07, 6.45) is 6.46. The normalized spacial score (nSPS) is 25.5. The van der Waals surface area contributed by atoms with Gasteiger partial charge in [-0.1, -0.05) is 49.6 Å². The molecule has 2 aliphatic carbocycles. The summed E-state index contributed by atoms with van der Waals surface area (Å²) in [5.41, 5.74) is 4.74. The van der Waals surface area contributed by atoms with E-state index in [1.807, 2.05) is 42.5 Å². The lowest BCUT2D eigenvalue weighted by molar-refractivity contribution is -0.123. The van der Waals surface area contributed by atoms with E-state index < -0.39 is 0 Å². The molecule has 2 saturated carbocycles. The van der Waals surface area contributed by atoms with Crippen molar-refractivity contribution < 1.29 is 9.53 Å². The molecule has 29 heavy (non-hydrogen) atoms. The lowest BCUT2D eigenvalue weighted by Gasteiger charge is -2.15. The van der Waals surface area contributed by atoms with Crippen molar-refractivity contribution in [3.05, 3.63) is 63.1 Å². The molecule has 0 heterocycles. The molecule has 0 saturated heterocycles. The number of benzene rings is 2. The van der Waals surface area contributed by atoms with Gasteiger partial charge in [-0.25, -0.2) is 5.43 Å². The summed E-state index contributed by atoms with van der Waals surface area (Å²) in [6.45, 7) is 2.63. The number of hydrazone groups is 1. The second-order valence-corrected chi connectivity index (χ2v) is 9.40. The topological polar surface area (TPSA) is 50.7 Å². The van der Waals surface area contributed by atoms with Crippen molar-refractivity contribution >= 4 is 39.7 Å². The van der Waals surface area contributed by atoms with Crippen molar-refractivity contribution in [3.8, 4) is 5.75 Å². The van der Waals surface area contributed by atoms with Gasteiger partial charge < -0.3 is 4.74 Å².